The molecule has 16 heavy (non-hydrogen) atoms. The Morgan fingerprint density at radius 2 is 2.19 bits per heavy atom. The molecule has 0 amide bonds. The molecular formula is C15H20O. The van der Waals surface area contributed by atoms with Gasteiger partial charge in [-0.3, -0.25) is 0 Å². The lowest BCUT2D eigenvalue weighted by Gasteiger charge is -2.48. The van der Waals surface area contributed by atoms with E-state index in [-0.39, 0.29) is 5.41 Å². The molecule has 0 aliphatic heterocycles. The van der Waals surface area contributed by atoms with Crippen molar-refractivity contribution in [1.82, 2.24) is 0 Å². The Morgan fingerprint density at radius 3 is 2.94 bits per heavy atom. The van der Waals surface area contributed by atoms with E-state index in [9.17, 15) is 0 Å². The van der Waals surface area contributed by atoms with Crippen molar-refractivity contribution in [1.29, 1.82) is 0 Å². The topological polar surface area (TPSA) is 13.1 Å². The van der Waals surface area contributed by atoms with Crippen LogP contribution in [0.3, 0.4) is 0 Å². The van der Waals surface area contributed by atoms with Crippen LogP contribution in [-0.2, 0) is 6.42 Å². The van der Waals surface area contributed by atoms with Gasteiger partial charge in [0.1, 0.15) is 5.76 Å². The van der Waals surface area contributed by atoms with Crippen LogP contribution in [-0.4, -0.2) is 0 Å². The summed E-state index contributed by atoms with van der Waals surface area (Å²) in [6.07, 6.45) is 5.48. The van der Waals surface area contributed by atoms with Crippen LogP contribution in [0, 0.1) is 16.7 Å². The SMILES string of the molecule is C=C1c2ccoc2C[C@@]2(C)[C@H](C)CC[C@@]12C. The predicted molar refractivity (Wildman–Crippen MR) is 66.1 cm³/mol. The van der Waals surface area contributed by atoms with E-state index in [1.165, 1.54) is 24.0 Å². The Morgan fingerprint density at radius 1 is 1.44 bits per heavy atom. The summed E-state index contributed by atoms with van der Waals surface area (Å²) in [6, 6.07) is 2.09. The van der Waals surface area contributed by atoms with Gasteiger partial charge in [-0.05, 0) is 41.2 Å². The molecule has 0 unspecified atom stereocenters. The van der Waals surface area contributed by atoms with Gasteiger partial charge in [0.05, 0.1) is 6.26 Å². The summed E-state index contributed by atoms with van der Waals surface area (Å²) in [5, 5.41) is 0. The van der Waals surface area contributed by atoms with E-state index in [4.69, 9.17) is 4.42 Å². The van der Waals surface area contributed by atoms with Crippen molar-refractivity contribution in [2.45, 2.75) is 40.0 Å². The third-order valence-electron chi connectivity index (χ3n) is 5.69. The van der Waals surface area contributed by atoms with Crippen LogP contribution in [0.4, 0.5) is 0 Å². The summed E-state index contributed by atoms with van der Waals surface area (Å²) < 4.78 is 5.63. The van der Waals surface area contributed by atoms with Gasteiger partial charge in [-0.25, -0.2) is 0 Å². The van der Waals surface area contributed by atoms with Crippen molar-refractivity contribution in [3.05, 3.63) is 30.2 Å². The van der Waals surface area contributed by atoms with Gasteiger partial charge < -0.3 is 4.42 Å². The largest absolute Gasteiger partial charge is 0.469 e. The van der Waals surface area contributed by atoms with Crippen LogP contribution in [0.15, 0.2) is 23.3 Å². The van der Waals surface area contributed by atoms with Crippen LogP contribution in [0.1, 0.15) is 44.9 Å². The Hall–Kier alpha value is -0.980. The summed E-state index contributed by atoms with van der Waals surface area (Å²) in [7, 11) is 0. The van der Waals surface area contributed by atoms with Crippen molar-refractivity contribution in [3.8, 4) is 0 Å². The van der Waals surface area contributed by atoms with Gasteiger partial charge in [0.15, 0.2) is 0 Å². The average molecular weight is 216 g/mol. The summed E-state index contributed by atoms with van der Waals surface area (Å²) in [6.45, 7) is 11.6. The van der Waals surface area contributed by atoms with Crippen molar-refractivity contribution >= 4 is 5.57 Å². The minimum Gasteiger partial charge on any atom is -0.469 e. The molecule has 86 valence electrons. The van der Waals surface area contributed by atoms with Gasteiger partial charge in [0.25, 0.3) is 0 Å². The fourth-order valence-corrected chi connectivity index (χ4v) is 3.90. The summed E-state index contributed by atoms with van der Waals surface area (Å²) in [4.78, 5) is 0. The average Bonchev–Trinajstić information content (AvgIpc) is 2.78. The molecule has 0 saturated heterocycles. The van der Waals surface area contributed by atoms with Gasteiger partial charge in [-0.15, -0.1) is 0 Å². The first kappa shape index (κ1) is 10.2. The van der Waals surface area contributed by atoms with E-state index in [1.807, 2.05) is 6.26 Å². The first-order valence-electron chi connectivity index (χ1n) is 6.25. The van der Waals surface area contributed by atoms with Crippen molar-refractivity contribution < 1.29 is 4.42 Å². The Kier molecular flexibility index (Phi) is 1.80. The number of rotatable bonds is 0. The number of allylic oxidation sites excluding steroid dienone is 1. The zero-order chi connectivity index (χ0) is 11.6. The van der Waals surface area contributed by atoms with E-state index in [0.717, 1.165) is 18.1 Å². The first-order valence-corrected chi connectivity index (χ1v) is 6.25. The molecule has 3 atom stereocenters. The summed E-state index contributed by atoms with van der Waals surface area (Å²) in [5.41, 5.74) is 3.17. The van der Waals surface area contributed by atoms with E-state index < -0.39 is 0 Å². The molecule has 1 nitrogen and oxygen atoms in total. The highest BCUT2D eigenvalue weighted by atomic mass is 16.3. The second-order valence-corrected chi connectivity index (χ2v) is 6.10. The molecule has 0 aromatic carbocycles. The van der Waals surface area contributed by atoms with Crippen molar-refractivity contribution in [3.63, 3.8) is 0 Å². The highest BCUT2D eigenvalue weighted by Crippen LogP contribution is 2.65. The van der Waals surface area contributed by atoms with Crippen molar-refractivity contribution in [2.75, 3.05) is 0 Å². The second-order valence-electron chi connectivity index (χ2n) is 6.10. The molecule has 0 spiro atoms. The van der Waals surface area contributed by atoms with Crippen molar-refractivity contribution in [2.24, 2.45) is 16.7 Å². The fraction of sp³-hybridized carbons (Fsp3) is 0.600. The highest BCUT2D eigenvalue weighted by molar-refractivity contribution is 5.73. The second kappa shape index (κ2) is 2.82. The fourth-order valence-electron chi connectivity index (χ4n) is 3.90. The van der Waals surface area contributed by atoms with E-state index in [1.54, 1.807) is 0 Å². The predicted octanol–water partition coefficient (Wildman–Crippen LogP) is 4.29. The first-order chi connectivity index (χ1) is 7.49. The monoisotopic (exact) mass is 216 g/mol. The third kappa shape index (κ3) is 0.928. The van der Waals surface area contributed by atoms with Crippen LogP contribution in [0.5, 0.6) is 0 Å². The maximum Gasteiger partial charge on any atom is 0.111 e. The van der Waals surface area contributed by atoms with Gasteiger partial charge in [-0.1, -0.05) is 27.4 Å². The number of furan rings is 1. The normalized spacial score (nSPS) is 41.9. The van der Waals surface area contributed by atoms with Crippen LogP contribution in [0.2, 0.25) is 0 Å². The van der Waals surface area contributed by atoms with Crippen LogP contribution in [0.25, 0.3) is 5.57 Å². The van der Waals surface area contributed by atoms with Gasteiger partial charge in [-0.2, -0.15) is 0 Å². The number of hydrogen-bond acceptors (Lipinski definition) is 1. The molecule has 2 aliphatic carbocycles. The van der Waals surface area contributed by atoms with Gasteiger partial charge in [0.2, 0.25) is 0 Å². The highest BCUT2D eigenvalue weighted by Gasteiger charge is 2.57. The number of hydrogen-bond donors (Lipinski definition) is 0. The molecule has 1 saturated carbocycles. The quantitative estimate of drug-likeness (QED) is 0.630. The minimum absolute atomic E-state index is 0.267. The Labute approximate surface area is 97.5 Å². The molecule has 1 aromatic rings. The smallest absolute Gasteiger partial charge is 0.111 e. The molecule has 3 rings (SSSR count). The molecule has 0 bridgehead atoms. The minimum atomic E-state index is 0.267. The molecule has 2 aliphatic rings. The lowest BCUT2D eigenvalue weighted by molar-refractivity contribution is 0.111. The zero-order valence-electron chi connectivity index (χ0n) is 10.5. The number of fused-ring (bicyclic) bond motifs is 2. The lowest BCUT2D eigenvalue weighted by Crippen LogP contribution is -2.41. The van der Waals surface area contributed by atoms with E-state index in [2.05, 4.69) is 33.4 Å². The third-order valence-corrected chi connectivity index (χ3v) is 5.69. The molecular weight excluding hydrogens is 196 g/mol. The Bertz CT molecular complexity index is 456. The summed E-state index contributed by atoms with van der Waals surface area (Å²) in [5.74, 6) is 1.91. The van der Waals surface area contributed by atoms with E-state index in [0.29, 0.717) is 5.41 Å². The molecule has 0 radical (unpaired) electrons. The standard InChI is InChI=1S/C15H20O/c1-10-5-7-14(3)11(2)12-6-8-16-13(12)9-15(10,14)4/h6,8,10H,2,5,7,9H2,1,3-4H3/t10-,14+,15+/m1/s1. The van der Waals surface area contributed by atoms with Crippen LogP contribution < -0.4 is 0 Å². The molecule has 1 heteroatoms. The summed E-state index contributed by atoms with van der Waals surface area (Å²) >= 11 is 0. The van der Waals surface area contributed by atoms with Gasteiger partial charge in [0, 0.05) is 12.0 Å². The maximum absolute atomic E-state index is 5.63. The molecule has 0 N–H and O–H groups in total. The van der Waals surface area contributed by atoms with Gasteiger partial charge >= 0.3 is 0 Å². The lowest BCUT2D eigenvalue weighted by atomic mass is 9.55. The maximum atomic E-state index is 5.63. The Balaban J connectivity index is 2.20. The molecule has 1 fully saturated rings. The van der Waals surface area contributed by atoms with E-state index >= 15 is 0 Å². The van der Waals surface area contributed by atoms with Crippen LogP contribution >= 0.6 is 0 Å². The molecule has 1 heterocycles. The zero-order valence-corrected chi connectivity index (χ0v) is 10.5. The molecule has 1 aromatic heterocycles.